The van der Waals surface area contributed by atoms with Gasteiger partial charge in [0.2, 0.25) is 0 Å². The Morgan fingerprint density at radius 2 is 2.00 bits per heavy atom. The number of likely N-dealkylation sites (N-methyl/N-ethyl adjacent to an activating group) is 1. The van der Waals surface area contributed by atoms with Crippen molar-refractivity contribution in [3.8, 4) is 0 Å². The number of hydrogen-bond donors (Lipinski definition) is 0. The molecule has 0 saturated heterocycles. The number of hydrogen-bond acceptors (Lipinski definition) is 6. The van der Waals surface area contributed by atoms with Crippen molar-refractivity contribution in [3.63, 3.8) is 0 Å². The Kier molecular flexibility index (Phi) is 11.7. The third kappa shape index (κ3) is 7.46. The van der Waals surface area contributed by atoms with E-state index in [1.54, 1.807) is 11.8 Å². The van der Waals surface area contributed by atoms with Gasteiger partial charge in [0.15, 0.2) is 11.0 Å². The molecule has 0 aliphatic carbocycles. The SMILES string of the molecule is CCOCCN(CC)C1=NC(Cl)=C(/C=N/c2c(/C=C(/C)CC)c(C(CC)CC)nn2C)CS1. The molecule has 184 valence electrons. The third-order valence-corrected chi connectivity index (χ3v) is 7.31. The number of aryl methyl sites for hydroxylation is 1. The second-order valence-electron chi connectivity index (χ2n) is 8.14. The highest BCUT2D eigenvalue weighted by Crippen LogP contribution is 2.34. The molecule has 1 aromatic rings. The first-order valence-corrected chi connectivity index (χ1v) is 13.5. The van der Waals surface area contributed by atoms with Crippen molar-refractivity contribution in [3.05, 3.63) is 27.6 Å². The highest BCUT2D eigenvalue weighted by Gasteiger charge is 2.21. The highest BCUT2D eigenvalue weighted by molar-refractivity contribution is 8.14. The van der Waals surface area contributed by atoms with Gasteiger partial charge in [-0.25, -0.2) is 9.98 Å². The third-order valence-electron chi connectivity index (χ3n) is 5.92. The van der Waals surface area contributed by atoms with Crippen LogP contribution in [0.15, 0.2) is 26.3 Å². The molecular formula is C25H40ClN5OS. The predicted octanol–water partition coefficient (Wildman–Crippen LogP) is 6.75. The van der Waals surface area contributed by atoms with E-state index in [4.69, 9.17) is 26.4 Å². The first-order valence-electron chi connectivity index (χ1n) is 12.1. The molecule has 0 atom stereocenters. The maximum Gasteiger partial charge on any atom is 0.165 e. The summed E-state index contributed by atoms with van der Waals surface area (Å²) < 4.78 is 7.39. The molecule has 0 radical (unpaired) electrons. The number of aromatic nitrogens is 2. The van der Waals surface area contributed by atoms with Crippen molar-refractivity contribution < 1.29 is 4.74 Å². The van der Waals surface area contributed by atoms with Gasteiger partial charge in [-0.15, -0.1) is 0 Å². The largest absolute Gasteiger partial charge is 0.380 e. The first kappa shape index (κ1) is 27.7. The van der Waals surface area contributed by atoms with Crippen LogP contribution in [0.3, 0.4) is 0 Å². The minimum atomic E-state index is 0.424. The molecule has 2 rings (SSSR count). The number of halogens is 1. The van der Waals surface area contributed by atoms with Gasteiger partial charge >= 0.3 is 0 Å². The first-order chi connectivity index (χ1) is 15.9. The van der Waals surface area contributed by atoms with E-state index in [0.29, 0.717) is 17.7 Å². The Bertz CT molecular complexity index is 899. The van der Waals surface area contributed by atoms with E-state index in [2.05, 4.69) is 50.6 Å². The molecule has 0 fully saturated rings. The van der Waals surface area contributed by atoms with Crippen LogP contribution in [0.1, 0.15) is 78.0 Å². The smallest absolute Gasteiger partial charge is 0.165 e. The second kappa shape index (κ2) is 14.0. The van der Waals surface area contributed by atoms with Gasteiger partial charge in [0.1, 0.15) is 5.16 Å². The predicted molar refractivity (Wildman–Crippen MR) is 145 cm³/mol. The molecule has 0 unspecified atom stereocenters. The normalized spacial score (nSPS) is 15.2. The zero-order valence-electron chi connectivity index (χ0n) is 21.3. The maximum atomic E-state index is 6.59. The van der Waals surface area contributed by atoms with Gasteiger partial charge in [0.05, 0.1) is 12.3 Å². The van der Waals surface area contributed by atoms with Crippen LogP contribution >= 0.6 is 23.4 Å². The van der Waals surface area contributed by atoms with Crippen LogP contribution in [0.5, 0.6) is 0 Å². The lowest BCUT2D eigenvalue weighted by Crippen LogP contribution is -2.33. The van der Waals surface area contributed by atoms with Gasteiger partial charge in [-0.1, -0.05) is 55.8 Å². The highest BCUT2D eigenvalue weighted by atomic mass is 35.5. The van der Waals surface area contributed by atoms with E-state index in [-0.39, 0.29) is 0 Å². The summed E-state index contributed by atoms with van der Waals surface area (Å²) in [7, 11) is 1.97. The number of nitrogens with zero attached hydrogens (tertiary/aromatic N) is 5. The minimum Gasteiger partial charge on any atom is -0.380 e. The molecule has 0 bridgehead atoms. The molecule has 1 aliphatic heterocycles. The molecule has 0 spiro atoms. The summed E-state index contributed by atoms with van der Waals surface area (Å²) in [6, 6.07) is 0. The van der Waals surface area contributed by atoms with Crippen molar-refractivity contribution in [2.75, 3.05) is 32.1 Å². The fourth-order valence-corrected chi connectivity index (χ4v) is 5.04. The Morgan fingerprint density at radius 3 is 2.58 bits per heavy atom. The van der Waals surface area contributed by atoms with Crippen molar-refractivity contribution >= 4 is 46.6 Å². The summed E-state index contributed by atoms with van der Waals surface area (Å²) in [6.07, 6.45) is 7.23. The summed E-state index contributed by atoms with van der Waals surface area (Å²) in [5.74, 6) is 2.03. The Hall–Kier alpha value is -1.57. The number of ether oxygens (including phenoxy) is 1. The maximum absolute atomic E-state index is 6.59. The summed E-state index contributed by atoms with van der Waals surface area (Å²) in [6.45, 7) is 16.0. The number of allylic oxidation sites excluding steroid dienone is 1. The lowest BCUT2D eigenvalue weighted by Gasteiger charge is -2.26. The Morgan fingerprint density at radius 1 is 1.27 bits per heavy atom. The van der Waals surface area contributed by atoms with Crippen molar-refractivity contribution in [2.24, 2.45) is 17.0 Å². The summed E-state index contributed by atoms with van der Waals surface area (Å²) in [5.41, 5.74) is 4.50. The monoisotopic (exact) mass is 493 g/mol. The molecule has 1 aromatic heterocycles. The van der Waals surface area contributed by atoms with Crippen LogP contribution in [0.2, 0.25) is 0 Å². The van der Waals surface area contributed by atoms with Gasteiger partial charge < -0.3 is 9.64 Å². The van der Waals surface area contributed by atoms with Crippen molar-refractivity contribution in [1.82, 2.24) is 14.7 Å². The van der Waals surface area contributed by atoms with E-state index >= 15 is 0 Å². The van der Waals surface area contributed by atoms with Crippen molar-refractivity contribution in [1.29, 1.82) is 0 Å². The number of rotatable bonds is 12. The standard InChI is InChI=1S/C25H40ClN5OS/c1-8-18(6)15-21-22(19(9-2)10-3)29-30(7)24(21)27-16-20-17-33-25(28-23(20)26)31(11-4)13-14-32-12-5/h15-16,19H,8-14,17H2,1-7H3/b18-15-,27-16+. The van der Waals surface area contributed by atoms with Gasteiger partial charge in [0, 0.05) is 55.8 Å². The molecule has 6 nitrogen and oxygen atoms in total. The van der Waals surface area contributed by atoms with E-state index < -0.39 is 0 Å². The lowest BCUT2D eigenvalue weighted by molar-refractivity contribution is 0.134. The van der Waals surface area contributed by atoms with Gasteiger partial charge in [-0.2, -0.15) is 5.10 Å². The minimum absolute atomic E-state index is 0.424. The fourth-order valence-electron chi connectivity index (χ4n) is 3.66. The zero-order valence-corrected chi connectivity index (χ0v) is 22.9. The number of amidine groups is 1. The average Bonchev–Trinajstić information content (AvgIpc) is 3.11. The van der Waals surface area contributed by atoms with E-state index in [9.17, 15) is 0 Å². The quantitative estimate of drug-likeness (QED) is 0.183. The molecule has 33 heavy (non-hydrogen) atoms. The van der Waals surface area contributed by atoms with Crippen LogP contribution in [0.4, 0.5) is 5.82 Å². The molecule has 0 aromatic carbocycles. The second-order valence-corrected chi connectivity index (χ2v) is 9.44. The molecule has 0 saturated carbocycles. The topological polar surface area (TPSA) is 55.0 Å². The average molecular weight is 494 g/mol. The van der Waals surface area contributed by atoms with E-state index in [0.717, 1.165) is 72.5 Å². The molecule has 0 N–H and O–H groups in total. The molecule has 8 heteroatoms. The van der Waals surface area contributed by atoms with Gasteiger partial charge in [-0.05, 0) is 40.0 Å². The number of thioether (sulfide) groups is 1. The Balaban J connectivity index is 2.35. The van der Waals surface area contributed by atoms with Crippen LogP contribution in [0.25, 0.3) is 6.08 Å². The Labute approximate surface area is 209 Å². The van der Waals surface area contributed by atoms with Crippen LogP contribution in [-0.4, -0.2) is 58.1 Å². The zero-order chi connectivity index (χ0) is 24.4. The fraction of sp³-hybridized carbons (Fsp3) is 0.640. The summed E-state index contributed by atoms with van der Waals surface area (Å²) in [5, 5.41) is 6.31. The van der Waals surface area contributed by atoms with Crippen LogP contribution in [0, 0.1) is 0 Å². The van der Waals surface area contributed by atoms with E-state index in [1.807, 2.05) is 24.9 Å². The number of aliphatic imine (C=N–C) groups is 2. The molecular weight excluding hydrogens is 454 g/mol. The van der Waals surface area contributed by atoms with Crippen LogP contribution < -0.4 is 0 Å². The molecule has 2 heterocycles. The van der Waals surface area contributed by atoms with Gasteiger partial charge in [-0.3, -0.25) is 4.68 Å². The summed E-state index contributed by atoms with van der Waals surface area (Å²) in [4.78, 5) is 11.7. The van der Waals surface area contributed by atoms with Gasteiger partial charge in [0.25, 0.3) is 0 Å². The molecule has 0 amide bonds. The van der Waals surface area contributed by atoms with Crippen LogP contribution in [-0.2, 0) is 11.8 Å². The van der Waals surface area contributed by atoms with Crippen molar-refractivity contribution in [2.45, 2.75) is 66.7 Å². The van der Waals surface area contributed by atoms with E-state index in [1.165, 1.54) is 5.57 Å². The lowest BCUT2D eigenvalue weighted by atomic mass is 9.95. The molecule has 1 aliphatic rings. The summed E-state index contributed by atoms with van der Waals surface area (Å²) >= 11 is 8.28.